The molecular formula is C7CrN3S14. The van der Waals surface area contributed by atoms with E-state index >= 15 is 0 Å². The molecule has 3 heterocycles. The molecule has 3 nitrogen and oxygen atoms in total. The third kappa shape index (κ3) is 15.3. The Bertz CT molecular complexity index is 677. The summed E-state index contributed by atoms with van der Waals surface area (Å²) >= 11 is 44.1. The predicted octanol–water partition coefficient (Wildman–Crippen LogP) is 3.77. The first-order valence-electron chi connectivity index (χ1n) is 4.70. The molecule has 0 bridgehead atoms. The Labute approximate surface area is 223 Å². The number of hydrogen-bond acceptors (Lipinski definition) is 14. The first kappa shape index (κ1) is 30.0. The van der Waals surface area contributed by atoms with E-state index < -0.39 is 0 Å². The molecule has 3 aliphatic heterocycles. The Morgan fingerprint density at radius 1 is 0.640 bits per heavy atom. The second-order valence-electron chi connectivity index (χ2n) is 2.58. The molecule has 0 aromatic carbocycles. The van der Waals surface area contributed by atoms with Gasteiger partial charge >= 0.3 is 17.4 Å². The molecule has 3 rings (SSSR count). The molecule has 0 aromatic heterocycles. The van der Waals surface area contributed by atoms with Crippen LogP contribution in [0, 0.1) is 0 Å². The average molecular weight is 627 g/mol. The summed E-state index contributed by atoms with van der Waals surface area (Å²) in [4.78, 5) is 0. The number of thiocarbonyl (C=S) groups is 5. The van der Waals surface area contributed by atoms with E-state index in [1.54, 1.807) is 0 Å². The molecule has 0 unspecified atom stereocenters. The molecule has 0 fully saturated rings. The number of rotatable bonds is 0. The summed E-state index contributed by atoms with van der Waals surface area (Å²) in [6.07, 6.45) is 0. The van der Waals surface area contributed by atoms with E-state index in [9.17, 15) is 0 Å². The number of hydrogen-bond donors (Lipinski definition) is 0. The fourth-order valence-electron chi connectivity index (χ4n) is 0.483. The van der Waals surface area contributed by atoms with Crippen molar-refractivity contribution in [1.29, 1.82) is 0 Å². The maximum absolute atomic E-state index is 4.75. The summed E-state index contributed by atoms with van der Waals surface area (Å²) in [7, 11) is 0. The van der Waals surface area contributed by atoms with Crippen LogP contribution in [0.2, 0.25) is 0 Å². The minimum Gasteiger partial charge on any atom is -0.742 e. The molecule has 0 aliphatic carbocycles. The molecule has 0 aromatic rings. The van der Waals surface area contributed by atoms with Crippen molar-refractivity contribution in [2.75, 3.05) is 0 Å². The van der Waals surface area contributed by atoms with Gasteiger partial charge in [0.05, 0.1) is 12.6 Å². The van der Waals surface area contributed by atoms with Crippen molar-refractivity contribution in [3.63, 3.8) is 0 Å². The monoisotopic (exact) mass is 626 g/mol. The van der Waals surface area contributed by atoms with Crippen LogP contribution in [0.4, 0.5) is 0 Å². The zero-order valence-corrected chi connectivity index (χ0v) is 23.7. The van der Waals surface area contributed by atoms with Gasteiger partial charge in [0.1, 0.15) is 0 Å². The quantitative estimate of drug-likeness (QED) is 0.224. The van der Waals surface area contributed by atoms with Crippen LogP contribution < -0.4 is 0 Å². The van der Waals surface area contributed by atoms with E-state index in [0.29, 0.717) is 0 Å². The second-order valence-corrected chi connectivity index (χ2v) is 12.6. The second kappa shape index (κ2) is 18.8. The minimum atomic E-state index is 0. The molecule has 3 aliphatic rings. The van der Waals surface area contributed by atoms with Gasteiger partial charge in [-0.2, -0.15) is 11.3 Å². The molecule has 0 atom stereocenters. The summed E-state index contributed by atoms with van der Waals surface area (Å²) in [6.45, 7) is 0. The molecule has 0 N–H and O–H groups in total. The van der Waals surface area contributed by atoms with Crippen molar-refractivity contribution >= 4 is 198 Å². The molecule has 0 spiro atoms. The van der Waals surface area contributed by atoms with Gasteiger partial charge in [0.2, 0.25) is 0 Å². The Morgan fingerprint density at radius 3 is 0.880 bits per heavy atom. The number of nitrogens with zero attached hydrogens (tertiary/aromatic N) is 3. The van der Waals surface area contributed by atoms with Crippen molar-refractivity contribution in [3.8, 4) is 0 Å². The van der Waals surface area contributed by atoms with Gasteiger partial charge in [0.15, 0.2) is 0 Å². The van der Waals surface area contributed by atoms with Crippen molar-refractivity contribution < 1.29 is 17.4 Å². The van der Waals surface area contributed by atoms with Crippen molar-refractivity contribution in [2.45, 2.75) is 0 Å². The predicted molar refractivity (Wildman–Crippen MR) is 147 cm³/mol. The zero-order chi connectivity index (χ0) is 18.5. The van der Waals surface area contributed by atoms with E-state index in [1.807, 2.05) is 4.31 Å². The Balaban J connectivity index is 0. The van der Waals surface area contributed by atoms with Gasteiger partial charge in [-0.25, -0.2) is 0 Å². The van der Waals surface area contributed by atoms with Crippen molar-refractivity contribution in [1.82, 2.24) is 0 Å². The van der Waals surface area contributed by atoms with Crippen LogP contribution in [0.5, 0.6) is 0 Å². The van der Waals surface area contributed by atoms with Crippen LogP contribution in [0.15, 0.2) is 11.3 Å². The van der Waals surface area contributed by atoms with Gasteiger partial charge in [-0.05, 0) is 24.4 Å². The molecule has 0 saturated carbocycles. The van der Waals surface area contributed by atoms with E-state index in [2.05, 4.69) is 35.7 Å². The van der Waals surface area contributed by atoms with Crippen LogP contribution in [0.1, 0.15) is 0 Å². The maximum Gasteiger partial charge on any atom is 3.00 e. The molecular weight excluding hydrogens is 627 g/mol. The van der Waals surface area contributed by atoms with Crippen LogP contribution in [0.25, 0.3) is 0 Å². The van der Waals surface area contributed by atoms with Crippen LogP contribution in [0.3, 0.4) is 0 Å². The SMILES string of the molecule is S=C1SN=S=C1[S-].S=C1SN=S=C1[S-].S=C1SN=S=C1[S-].S=C=S.[Cr+3]. The molecule has 1 radical (unpaired) electrons. The molecule has 0 saturated heterocycles. The fourth-order valence-corrected chi connectivity index (χ4v) is 5.99. The van der Waals surface area contributed by atoms with Gasteiger partial charge in [-0.15, -0.1) is 0 Å². The van der Waals surface area contributed by atoms with Crippen molar-refractivity contribution in [2.24, 2.45) is 11.3 Å². The van der Waals surface area contributed by atoms with Gasteiger partial charge in [0.25, 0.3) is 0 Å². The summed E-state index contributed by atoms with van der Waals surface area (Å²) in [6, 6.07) is 0. The third-order valence-corrected chi connectivity index (χ3v) is 9.35. The maximum atomic E-state index is 4.75. The van der Waals surface area contributed by atoms with E-state index in [0.717, 1.165) is 25.2 Å². The van der Waals surface area contributed by atoms with Gasteiger partial charge in [0, 0.05) is 40.2 Å². The Hall–Kier alpha value is 2.79. The first-order chi connectivity index (χ1) is 11.3. The minimum absolute atomic E-state index is 0. The molecule has 18 heteroatoms. The van der Waals surface area contributed by atoms with Crippen molar-refractivity contribution in [3.05, 3.63) is 0 Å². The van der Waals surface area contributed by atoms with Gasteiger partial charge < -0.3 is 37.9 Å². The van der Waals surface area contributed by atoms with Gasteiger partial charge in [-0.3, -0.25) is 0 Å². The van der Waals surface area contributed by atoms with E-state index in [4.69, 9.17) is 74.5 Å². The normalized spacial score (nSPS) is 16.3. The van der Waals surface area contributed by atoms with E-state index in [1.165, 1.54) is 69.3 Å². The Morgan fingerprint density at radius 2 is 0.840 bits per heavy atom. The summed E-state index contributed by atoms with van der Waals surface area (Å²) < 4.78 is 17.7. The standard InChI is InChI=1S/3C2HNS4.CS2.Cr/c3*4-1-2(5)7-3-6-1;2-1-3;/h3*4H;;/q;;;;+3/p-3. The first-order valence-corrected chi connectivity index (χ1v) is 12.6. The topological polar surface area (TPSA) is 37.1 Å². The van der Waals surface area contributed by atoms with E-state index in [-0.39, 0.29) is 17.4 Å². The summed E-state index contributed by atoms with van der Waals surface area (Å²) in [5.74, 6) is 0. The average Bonchev–Trinajstić information content (AvgIpc) is 3.20. The zero-order valence-electron chi connectivity index (χ0n) is 11.0. The van der Waals surface area contributed by atoms with Crippen LogP contribution in [-0.2, 0) is 88.7 Å². The Kier molecular flexibility index (Phi) is 22.5. The molecule has 0 amide bonds. The van der Waals surface area contributed by atoms with Crippen LogP contribution in [-0.4, -0.2) is 29.5 Å². The fraction of sp³-hybridized carbons (Fsp3) is 0. The third-order valence-electron chi connectivity index (χ3n) is 1.22. The smallest absolute Gasteiger partial charge is 0.742 e. The molecule has 25 heavy (non-hydrogen) atoms. The van der Waals surface area contributed by atoms with Gasteiger partial charge in [-0.1, -0.05) is 82.7 Å². The summed E-state index contributed by atoms with van der Waals surface area (Å²) in [5.41, 5.74) is 0. The van der Waals surface area contributed by atoms with Crippen LogP contribution >= 0.6 is 96.9 Å². The molecule has 133 valence electrons. The summed E-state index contributed by atoms with van der Waals surface area (Å²) in [5, 5.41) is 0. The largest absolute Gasteiger partial charge is 3.00 e.